The number of carbonyl (C=O) groups is 1. The molecule has 3 aromatic rings. The fraction of sp³-hybridized carbons (Fsp3) is 0.188. The van der Waals surface area contributed by atoms with Crippen molar-refractivity contribution in [2.24, 2.45) is 0 Å². The van der Waals surface area contributed by atoms with Gasteiger partial charge in [0.25, 0.3) is 0 Å². The lowest BCUT2D eigenvalue weighted by atomic mass is 10.2. The quantitative estimate of drug-likeness (QED) is 0.651. The molecule has 130 valence electrons. The molecule has 3 rings (SSSR count). The maximum Gasteiger partial charge on any atom is 0.234 e. The van der Waals surface area contributed by atoms with Crippen LogP contribution in [0.4, 0.5) is 5.69 Å². The fourth-order valence-electron chi connectivity index (χ4n) is 2.16. The third kappa shape index (κ3) is 3.94. The van der Waals surface area contributed by atoms with Crippen LogP contribution in [0.2, 0.25) is 0 Å². The molecular formula is C16H17N5O3S. The van der Waals surface area contributed by atoms with Gasteiger partial charge in [-0.3, -0.25) is 9.47 Å². The Morgan fingerprint density at radius 3 is 2.76 bits per heavy atom. The molecule has 0 aliphatic carbocycles. The summed E-state index contributed by atoms with van der Waals surface area (Å²) < 4.78 is 14.0. The van der Waals surface area contributed by atoms with E-state index in [4.69, 9.17) is 9.47 Å². The molecule has 1 aromatic carbocycles. The Bertz CT molecular complexity index is 847. The van der Waals surface area contributed by atoms with E-state index in [9.17, 15) is 4.79 Å². The summed E-state index contributed by atoms with van der Waals surface area (Å²) in [6.45, 7) is 0. The Balaban J connectivity index is 1.64. The number of ether oxygens (including phenoxy) is 2. The maximum absolute atomic E-state index is 12.2. The summed E-state index contributed by atoms with van der Waals surface area (Å²) in [4.78, 5) is 12.2. The Morgan fingerprint density at radius 1 is 1.24 bits per heavy atom. The number of hydrogen-bond donors (Lipinski definition) is 1. The van der Waals surface area contributed by atoms with Crippen molar-refractivity contribution in [1.82, 2.24) is 19.5 Å². The van der Waals surface area contributed by atoms with E-state index in [1.807, 2.05) is 29.2 Å². The summed E-state index contributed by atoms with van der Waals surface area (Å²) in [6, 6.07) is 9.01. The molecule has 0 fully saturated rings. The van der Waals surface area contributed by atoms with Gasteiger partial charge in [0.1, 0.15) is 17.8 Å². The van der Waals surface area contributed by atoms with Gasteiger partial charge in [0, 0.05) is 18.5 Å². The van der Waals surface area contributed by atoms with E-state index >= 15 is 0 Å². The van der Waals surface area contributed by atoms with Crippen molar-refractivity contribution in [3.05, 3.63) is 49.1 Å². The topological polar surface area (TPSA) is 83.2 Å². The van der Waals surface area contributed by atoms with E-state index in [0.717, 1.165) is 0 Å². The largest absolute Gasteiger partial charge is 0.497 e. The van der Waals surface area contributed by atoms with Gasteiger partial charge in [0.15, 0.2) is 0 Å². The van der Waals surface area contributed by atoms with Gasteiger partial charge in [-0.25, -0.2) is 4.68 Å². The minimum absolute atomic E-state index is 0.171. The van der Waals surface area contributed by atoms with Crippen molar-refractivity contribution >= 4 is 23.4 Å². The minimum Gasteiger partial charge on any atom is -0.497 e. The Labute approximate surface area is 148 Å². The van der Waals surface area contributed by atoms with Gasteiger partial charge >= 0.3 is 0 Å². The summed E-state index contributed by atoms with van der Waals surface area (Å²) in [5.41, 5.74) is 0.584. The van der Waals surface area contributed by atoms with Crippen LogP contribution < -0.4 is 14.8 Å². The van der Waals surface area contributed by atoms with E-state index in [2.05, 4.69) is 15.5 Å². The van der Waals surface area contributed by atoms with Crippen molar-refractivity contribution in [3.63, 3.8) is 0 Å². The molecule has 0 saturated carbocycles. The summed E-state index contributed by atoms with van der Waals surface area (Å²) in [7, 11) is 3.11. The van der Waals surface area contributed by atoms with Crippen molar-refractivity contribution < 1.29 is 14.3 Å². The van der Waals surface area contributed by atoms with Gasteiger partial charge in [0.05, 0.1) is 25.7 Å². The maximum atomic E-state index is 12.2. The molecule has 25 heavy (non-hydrogen) atoms. The van der Waals surface area contributed by atoms with Gasteiger partial charge in [-0.2, -0.15) is 0 Å². The summed E-state index contributed by atoms with van der Waals surface area (Å²) in [5.74, 6) is 1.21. The second kappa shape index (κ2) is 7.75. The molecular weight excluding hydrogens is 342 g/mol. The number of anilines is 1. The number of methoxy groups -OCH3 is 2. The standard InChI is InChI=1S/C16H17N5O3S/c1-23-12-5-6-13(14(9-12)24-2)18-15(22)10-25-16-19-17-11-21(16)20-7-3-4-8-20/h3-9,11H,10H2,1-2H3,(H,18,22). The number of thioether (sulfide) groups is 1. The number of aromatic nitrogens is 4. The first-order chi connectivity index (χ1) is 12.2. The van der Waals surface area contributed by atoms with Crippen LogP contribution in [0.1, 0.15) is 0 Å². The van der Waals surface area contributed by atoms with Crippen LogP contribution in [0, 0.1) is 0 Å². The van der Waals surface area contributed by atoms with Crippen LogP contribution in [-0.4, -0.2) is 45.4 Å². The van der Waals surface area contributed by atoms with Gasteiger partial charge in [-0.1, -0.05) is 11.8 Å². The SMILES string of the molecule is COc1ccc(NC(=O)CSc2nncn2-n2cccc2)c(OC)c1. The predicted octanol–water partition coefficient (Wildman–Crippen LogP) is 2.14. The first kappa shape index (κ1) is 16.9. The van der Waals surface area contributed by atoms with Gasteiger partial charge in [-0.05, 0) is 24.3 Å². The van der Waals surface area contributed by atoms with Crippen LogP contribution in [0.3, 0.4) is 0 Å². The average Bonchev–Trinajstić information content (AvgIpc) is 3.31. The van der Waals surface area contributed by atoms with Crippen molar-refractivity contribution in [2.75, 3.05) is 25.3 Å². The zero-order valence-corrected chi connectivity index (χ0v) is 14.6. The second-order valence-electron chi connectivity index (χ2n) is 4.92. The molecule has 0 saturated heterocycles. The van der Waals surface area contributed by atoms with Gasteiger partial charge in [-0.15, -0.1) is 10.2 Å². The summed E-state index contributed by atoms with van der Waals surface area (Å²) in [5, 5.41) is 11.4. The first-order valence-electron chi connectivity index (χ1n) is 7.39. The molecule has 0 aliphatic heterocycles. The van der Waals surface area contributed by atoms with Gasteiger partial charge in [0.2, 0.25) is 11.1 Å². The molecule has 0 radical (unpaired) electrons. The highest BCUT2D eigenvalue weighted by Crippen LogP contribution is 2.29. The smallest absolute Gasteiger partial charge is 0.234 e. The lowest BCUT2D eigenvalue weighted by Crippen LogP contribution is -2.16. The number of carbonyl (C=O) groups excluding carboxylic acids is 1. The summed E-state index contributed by atoms with van der Waals surface area (Å²) >= 11 is 1.29. The highest BCUT2D eigenvalue weighted by Gasteiger charge is 2.12. The number of rotatable bonds is 7. The molecule has 0 spiro atoms. The van der Waals surface area contributed by atoms with Crippen LogP contribution in [0.15, 0.2) is 54.2 Å². The van der Waals surface area contributed by atoms with E-state index < -0.39 is 0 Å². The Morgan fingerprint density at radius 2 is 2.04 bits per heavy atom. The molecule has 2 heterocycles. The van der Waals surface area contributed by atoms with E-state index in [1.54, 1.807) is 43.4 Å². The minimum atomic E-state index is -0.171. The Hall–Kier alpha value is -2.94. The number of amides is 1. The highest BCUT2D eigenvalue weighted by atomic mass is 32.2. The number of hydrogen-bond acceptors (Lipinski definition) is 6. The van der Waals surface area contributed by atoms with Crippen LogP contribution in [0.25, 0.3) is 0 Å². The third-order valence-corrected chi connectivity index (χ3v) is 4.29. The third-order valence-electron chi connectivity index (χ3n) is 3.35. The highest BCUT2D eigenvalue weighted by molar-refractivity contribution is 7.99. The molecule has 0 aliphatic rings. The monoisotopic (exact) mass is 359 g/mol. The molecule has 1 amide bonds. The van der Waals surface area contributed by atoms with Crippen molar-refractivity contribution in [1.29, 1.82) is 0 Å². The van der Waals surface area contributed by atoms with Crippen molar-refractivity contribution in [3.8, 4) is 11.5 Å². The molecule has 2 aromatic heterocycles. The predicted molar refractivity (Wildman–Crippen MR) is 94.1 cm³/mol. The zero-order chi connectivity index (χ0) is 17.6. The lowest BCUT2D eigenvalue weighted by Gasteiger charge is -2.11. The average molecular weight is 359 g/mol. The Kier molecular flexibility index (Phi) is 5.24. The lowest BCUT2D eigenvalue weighted by molar-refractivity contribution is -0.113. The molecule has 1 N–H and O–H groups in total. The fourth-order valence-corrected chi connectivity index (χ4v) is 2.87. The zero-order valence-electron chi connectivity index (χ0n) is 13.7. The van der Waals surface area contributed by atoms with Gasteiger partial charge < -0.3 is 14.8 Å². The normalized spacial score (nSPS) is 10.5. The first-order valence-corrected chi connectivity index (χ1v) is 8.38. The second-order valence-corrected chi connectivity index (χ2v) is 5.87. The van der Waals surface area contributed by atoms with E-state index in [-0.39, 0.29) is 11.7 Å². The van der Waals surface area contributed by atoms with Crippen LogP contribution in [0.5, 0.6) is 11.5 Å². The molecule has 0 bridgehead atoms. The number of nitrogens with one attached hydrogen (secondary N) is 1. The number of benzene rings is 1. The van der Waals surface area contributed by atoms with E-state index in [0.29, 0.717) is 22.3 Å². The number of nitrogens with zero attached hydrogens (tertiary/aromatic N) is 4. The summed E-state index contributed by atoms with van der Waals surface area (Å²) in [6.07, 6.45) is 5.33. The molecule has 9 heteroatoms. The van der Waals surface area contributed by atoms with Crippen molar-refractivity contribution in [2.45, 2.75) is 5.16 Å². The van der Waals surface area contributed by atoms with E-state index in [1.165, 1.54) is 11.8 Å². The molecule has 8 nitrogen and oxygen atoms in total. The van der Waals surface area contributed by atoms with Crippen LogP contribution in [-0.2, 0) is 4.79 Å². The molecule has 0 atom stereocenters. The molecule has 0 unspecified atom stereocenters. The van der Waals surface area contributed by atoms with Crippen LogP contribution >= 0.6 is 11.8 Å².